The van der Waals surface area contributed by atoms with E-state index in [-0.39, 0.29) is 5.91 Å². The van der Waals surface area contributed by atoms with E-state index in [1.165, 1.54) is 0 Å². The van der Waals surface area contributed by atoms with Gasteiger partial charge in [0.25, 0.3) is 5.91 Å². The summed E-state index contributed by atoms with van der Waals surface area (Å²) in [5.41, 5.74) is 1.66. The maximum Gasteiger partial charge on any atom is 0.254 e. The molecular weight excluding hydrogens is 294 g/mol. The Balaban J connectivity index is 2.15. The first-order valence-electron chi connectivity index (χ1n) is 6.28. The highest BCUT2D eigenvalue weighted by atomic mass is 35.5. The number of aromatic nitrogens is 1. The summed E-state index contributed by atoms with van der Waals surface area (Å²) in [4.78, 5) is 18.2. The van der Waals surface area contributed by atoms with Gasteiger partial charge in [-0.3, -0.25) is 4.79 Å². The van der Waals surface area contributed by atoms with Gasteiger partial charge >= 0.3 is 0 Å². The van der Waals surface area contributed by atoms with Crippen LogP contribution in [-0.4, -0.2) is 29.4 Å². The van der Waals surface area contributed by atoms with Crippen LogP contribution in [0.15, 0.2) is 29.0 Å². The van der Waals surface area contributed by atoms with Crippen molar-refractivity contribution in [1.29, 1.82) is 0 Å². The molecule has 0 fully saturated rings. The fourth-order valence-electron chi connectivity index (χ4n) is 1.84. The lowest BCUT2D eigenvalue weighted by Crippen LogP contribution is -2.26. The third-order valence-corrected chi connectivity index (χ3v) is 3.67. The highest BCUT2D eigenvalue weighted by Gasteiger charge is 2.14. The Morgan fingerprint density at radius 1 is 1.50 bits per heavy atom. The monoisotopic (exact) mass is 309 g/mol. The van der Waals surface area contributed by atoms with Gasteiger partial charge in [0.1, 0.15) is 11.0 Å². The van der Waals surface area contributed by atoms with Gasteiger partial charge < -0.3 is 10.2 Å². The summed E-state index contributed by atoms with van der Waals surface area (Å²) in [6.45, 7) is 3.28. The highest BCUT2D eigenvalue weighted by Crippen LogP contribution is 2.17. The van der Waals surface area contributed by atoms with Gasteiger partial charge in [0, 0.05) is 25.7 Å². The lowest BCUT2D eigenvalue weighted by atomic mass is 10.2. The van der Waals surface area contributed by atoms with E-state index in [2.05, 4.69) is 10.3 Å². The van der Waals surface area contributed by atoms with Gasteiger partial charge in [0.15, 0.2) is 0 Å². The normalized spacial score (nSPS) is 10.3. The first kappa shape index (κ1) is 14.8. The van der Waals surface area contributed by atoms with Crippen LogP contribution in [0.5, 0.6) is 0 Å². The number of hydrogen-bond donors (Lipinski definition) is 1. The maximum atomic E-state index is 12.4. The smallest absolute Gasteiger partial charge is 0.254 e. The van der Waals surface area contributed by atoms with E-state index in [1.807, 2.05) is 23.8 Å². The molecule has 0 unspecified atom stereocenters. The fraction of sp³-hybridized carbons (Fsp3) is 0.286. The van der Waals surface area contributed by atoms with Crippen LogP contribution in [0.3, 0.4) is 0 Å². The minimum atomic E-state index is -0.0698. The van der Waals surface area contributed by atoms with E-state index < -0.39 is 0 Å². The number of nitrogens with zero attached hydrogens (tertiary/aromatic N) is 2. The molecule has 0 aliphatic rings. The first-order valence-corrected chi connectivity index (χ1v) is 7.60. The van der Waals surface area contributed by atoms with E-state index in [9.17, 15) is 4.79 Å². The largest absolute Gasteiger partial charge is 0.370 e. The molecule has 1 N–H and O–H groups in total. The summed E-state index contributed by atoms with van der Waals surface area (Å²) in [6, 6.07) is 5.33. The number of thiophene rings is 1. The SMILES string of the molecule is CCNc1cc(C(=O)N(C)Cc2ccsc2)cc(Cl)n1. The second-order valence-electron chi connectivity index (χ2n) is 4.39. The van der Waals surface area contributed by atoms with Crippen molar-refractivity contribution >= 4 is 34.7 Å². The van der Waals surface area contributed by atoms with Gasteiger partial charge in [-0.05, 0) is 41.4 Å². The second-order valence-corrected chi connectivity index (χ2v) is 5.55. The molecule has 0 saturated heterocycles. The van der Waals surface area contributed by atoms with Crippen molar-refractivity contribution in [3.05, 3.63) is 45.2 Å². The molecule has 0 aromatic carbocycles. The summed E-state index contributed by atoms with van der Waals surface area (Å²) < 4.78 is 0. The zero-order chi connectivity index (χ0) is 14.5. The molecule has 0 atom stereocenters. The minimum Gasteiger partial charge on any atom is -0.370 e. The van der Waals surface area contributed by atoms with Crippen LogP contribution in [0.1, 0.15) is 22.8 Å². The molecule has 0 bridgehead atoms. The minimum absolute atomic E-state index is 0.0698. The average molecular weight is 310 g/mol. The zero-order valence-electron chi connectivity index (χ0n) is 11.4. The van der Waals surface area contributed by atoms with Crippen LogP contribution in [0.2, 0.25) is 5.15 Å². The number of amides is 1. The lowest BCUT2D eigenvalue weighted by molar-refractivity contribution is 0.0785. The van der Waals surface area contributed by atoms with Crippen molar-refractivity contribution in [1.82, 2.24) is 9.88 Å². The van der Waals surface area contributed by atoms with Crippen molar-refractivity contribution in [2.24, 2.45) is 0 Å². The summed E-state index contributed by atoms with van der Waals surface area (Å²) in [7, 11) is 1.78. The van der Waals surface area contributed by atoms with E-state index in [4.69, 9.17) is 11.6 Å². The summed E-state index contributed by atoms with van der Waals surface area (Å²) in [5, 5.41) is 7.41. The molecule has 0 aliphatic carbocycles. The molecule has 20 heavy (non-hydrogen) atoms. The van der Waals surface area contributed by atoms with Crippen LogP contribution in [0.25, 0.3) is 0 Å². The molecule has 106 valence electrons. The Morgan fingerprint density at radius 3 is 2.95 bits per heavy atom. The molecule has 0 aliphatic heterocycles. The van der Waals surface area contributed by atoms with E-state index in [0.717, 1.165) is 12.1 Å². The molecule has 4 nitrogen and oxygen atoms in total. The molecule has 0 radical (unpaired) electrons. The molecular formula is C14H16ClN3OS. The molecule has 2 heterocycles. The zero-order valence-corrected chi connectivity index (χ0v) is 13.0. The van der Waals surface area contributed by atoms with Gasteiger partial charge in [-0.1, -0.05) is 11.6 Å². The van der Waals surface area contributed by atoms with Gasteiger partial charge in [-0.2, -0.15) is 11.3 Å². The van der Waals surface area contributed by atoms with Gasteiger partial charge in [-0.15, -0.1) is 0 Å². The number of carbonyl (C=O) groups excluding carboxylic acids is 1. The standard InChI is InChI=1S/C14H16ClN3OS/c1-3-16-13-7-11(6-12(15)17-13)14(19)18(2)8-10-4-5-20-9-10/h4-7,9H,3,8H2,1-2H3,(H,16,17). The van der Waals surface area contributed by atoms with Crippen LogP contribution >= 0.6 is 22.9 Å². The Morgan fingerprint density at radius 2 is 2.30 bits per heavy atom. The predicted molar refractivity (Wildman–Crippen MR) is 83.5 cm³/mol. The maximum absolute atomic E-state index is 12.4. The molecule has 2 aromatic heterocycles. The number of pyridine rings is 1. The van der Waals surface area contributed by atoms with Crippen molar-refractivity contribution in [3.63, 3.8) is 0 Å². The fourth-order valence-corrected chi connectivity index (χ4v) is 2.71. The Kier molecular flexibility index (Phi) is 4.98. The number of rotatable bonds is 5. The highest BCUT2D eigenvalue weighted by molar-refractivity contribution is 7.07. The third-order valence-electron chi connectivity index (χ3n) is 2.75. The molecule has 1 amide bonds. The van der Waals surface area contributed by atoms with Crippen molar-refractivity contribution < 1.29 is 4.79 Å². The Hall–Kier alpha value is -1.59. The quantitative estimate of drug-likeness (QED) is 0.860. The molecule has 0 saturated carbocycles. The van der Waals surface area contributed by atoms with Crippen molar-refractivity contribution in [3.8, 4) is 0 Å². The number of anilines is 1. The molecule has 6 heteroatoms. The first-order chi connectivity index (χ1) is 9.60. The third kappa shape index (κ3) is 3.71. The van der Waals surface area contributed by atoms with Gasteiger partial charge in [0.2, 0.25) is 0 Å². The summed E-state index contributed by atoms with van der Waals surface area (Å²) in [5.74, 6) is 0.548. The van der Waals surface area contributed by atoms with E-state index in [0.29, 0.717) is 23.1 Å². The van der Waals surface area contributed by atoms with Crippen LogP contribution in [0, 0.1) is 0 Å². The molecule has 0 spiro atoms. The van der Waals surface area contributed by atoms with Gasteiger partial charge in [-0.25, -0.2) is 4.98 Å². The van der Waals surface area contributed by atoms with Crippen LogP contribution in [0.4, 0.5) is 5.82 Å². The molecule has 2 rings (SSSR count). The molecule has 2 aromatic rings. The number of carbonyl (C=O) groups is 1. The van der Waals surface area contributed by atoms with Crippen LogP contribution in [-0.2, 0) is 6.54 Å². The van der Waals surface area contributed by atoms with E-state index in [1.54, 1.807) is 35.4 Å². The lowest BCUT2D eigenvalue weighted by Gasteiger charge is -2.17. The Bertz CT molecular complexity index is 586. The predicted octanol–water partition coefficient (Wildman–Crippen LogP) is 3.50. The van der Waals surface area contributed by atoms with Crippen LogP contribution < -0.4 is 5.32 Å². The summed E-state index contributed by atoms with van der Waals surface area (Å²) in [6.07, 6.45) is 0. The topological polar surface area (TPSA) is 45.2 Å². The summed E-state index contributed by atoms with van der Waals surface area (Å²) >= 11 is 7.58. The number of nitrogens with one attached hydrogen (secondary N) is 1. The van der Waals surface area contributed by atoms with Crippen molar-refractivity contribution in [2.75, 3.05) is 18.9 Å². The average Bonchev–Trinajstić information content (AvgIpc) is 2.90. The van der Waals surface area contributed by atoms with Gasteiger partial charge in [0.05, 0.1) is 0 Å². The van der Waals surface area contributed by atoms with E-state index >= 15 is 0 Å². The number of halogens is 1. The number of hydrogen-bond acceptors (Lipinski definition) is 4. The second kappa shape index (κ2) is 6.72. The van der Waals surface area contributed by atoms with Crippen molar-refractivity contribution in [2.45, 2.75) is 13.5 Å². The Labute approximate surface area is 127 Å².